The molecule has 0 aliphatic rings. The molecule has 0 bridgehead atoms. The number of carbonyl (C=O) groups is 1. The van der Waals surface area contributed by atoms with Crippen LogP contribution in [-0.4, -0.2) is 32.9 Å². The minimum Gasteiger partial charge on any atom is -0.494 e. The summed E-state index contributed by atoms with van der Waals surface area (Å²) in [4.78, 5) is 22.3. The van der Waals surface area contributed by atoms with Gasteiger partial charge in [0.1, 0.15) is 5.75 Å². The van der Waals surface area contributed by atoms with Crippen LogP contribution in [-0.2, 0) is 14.8 Å². The molecule has 0 fully saturated rings. The molecule has 0 unspecified atom stereocenters. The van der Waals surface area contributed by atoms with E-state index in [4.69, 9.17) is 4.74 Å². The Morgan fingerprint density at radius 1 is 1.19 bits per heavy atom. The number of nitro groups is 1. The third-order valence-electron chi connectivity index (χ3n) is 3.37. The molecule has 0 aromatic heterocycles. The number of hydrogen-bond acceptors (Lipinski definition) is 6. The zero-order chi connectivity index (χ0) is 19.2. The highest BCUT2D eigenvalue weighted by molar-refractivity contribution is 7.89. The number of non-ortho nitro benzene ring substituents is 1. The van der Waals surface area contributed by atoms with E-state index in [0.29, 0.717) is 0 Å². The summed E-state index contributed by atoms with van der Waals surface area (Å²) in [6, 6.07) is 11.6. The number of sulfonamides is 1. The predicted molar refractivity (Wildman–Crippen MR) is 94.5 cm³/mol. The Labute approximate surface area is 150 Å². The quantitative estimate of drug-likeness (QED) is 0.533. The molecular weight excluding hydrogens is 362 g/mol. The summed E-state index contributed by atoms with van der Waals surface area (Å²) < 4.78 is 31.5. The Morgan fingerprint density at radius 3 is 2.50 bits per heavy atom. The van der Waals surface area contributed by atoms with Gasteiger partial charge in [-0.25, -0.2) is 13.1 Å². The Bertz CT molecular complexity index is 899. The number of carbonyl (C=O) groups excluding carboxylic acids is 1. The number of rotatable bonds is 8. The molecule has 0 saturated carbocycles. The molecule has 2 aromatic rings. The SMILES string of the molecule is COc1cc([N+](=O)[O-])ccc1NC(=O)CCNS(=O)(=O)c1ccccc1. The van der Waals surface area contributed by atoms with Crippen LogP contribution in [0.15, 0.2) is 53.4 Å². The summed E-state index contributed by atoms with van der Waals surface area (Å²) in [6.45, 7) is -0.0989. The van der Waals surface area contributed by atoms with Gasteiger partial charge in [0.2, 0.25) is 15.9 Å². The normalized spacial score (nSPS) is 11.0. The molecule has 26 heavy (non-hydrogen) atoms. The van der Waals surface area contributed by atoms with Crippen molar-refractivity contribution in [2.45, 2.75) is 11.3 Å². The maximum atomic E-state index is 12.0. The molecule has 1 amide bonds. The smallest absolute Gasteiger partial charge is 0.273 e. The number of anilines is 1. The zero-order valence-corrected chi connectivity index (χ0v) is 14.7. The Morgan fingerprint density at radius 2 is 1.88 bits per heavy atom. The lowest BCUT2D eigenvalue weighted by Gasteiger charge is -2.10. The van der Waals surface area contributed by atoms with Gasteiger partial charge in [-0.15, -0.1) is 0 Å². The first kappa shape index (κ1) is 19.3. The fourth-order valence-electron chi connectivity index (χ4n) is 2.09. The molecule has 2 rings (SSSR count). The van der Waals surface area contributed by atoms with Crippen LogP contribution in [0.2, 0.25) is 0 Å². The van der Waals surface area contributed by atoms with Gasteiger partial charge in [0.25, 0.3) is 5.69 Å². The second kappa shape index (κ2) is 8.41. The minimum absolute atomic E-state index is 0.0989. The molecule has 10 heteroatoms. The van der Waals surface area contributed by atoms with Crippen LogP contribution in [0.1, 0.15) is 6.42 Å². The van der Waals surface area contributed by atoms with Crippen LogP contribution < -0.4 is 14.8 Å². The van der Waals surface area contributed by atoms with Crippen LogP contribution in [0, 0.1) is 10.1 Å². The second-order valence-corrected chi connectivity index (χ2v) is 6.92. The number of methoxy groups -OCH3 is 1. The van der Waals surface area contributed by atoms with Crippen LogP contribution in [0.4, 0.5) is 11.4 Å². The summed E-state index contributed by atoms with van der Waals surface area (Å²) in [5.74, 6) is -0.328. The third-order valence-corrected chi connectivity index (χ3v) is 4.84. The predicted octanol–water partition coefficient (Wildman–Crippen LogP) is 1.91. The average molecular weight is 379 g/mol. The summed E-state index contributed by atoms with van der Waals surface area (Å²) in [7, 11) is -2.36. The maximum absolute atomic E-state index is 12.0. The van der Waals surface area contributed by atoms with E-state index in [-0.39, 0.29) is 35.0 Å². The molecule has 138 valence electrons. The third kappa shape index (κ3) is 5.01. The van der Waals surface area contributed by atoms with Gasteiger partial charge in [0, 0.05) is 19.0 Å². The van der Waals surface area contributed by atoms with Crippen molar-refractivity contribution in [3.8, 4) is 5.75 Å². The molecule has 2 aromatic carbocycles. The lowest BCUT2D eigenvalue weighted by atomic mass is 10.2. The Hall–Kier alpha value is -2.98. The van der Waals surface area contributed by atoms with E-state index in [2.05, 4.69) is 10.0 Å². The van der Waals surface area contributed by atoms with Gasteiger partial charge >= 0.3 is 0 Å². The molecule has 0 aliphatic heterocycles. The molecule has 0 radical (unpaired) electrons. The molecule has 2 N–H and O–H groups in total. The number of hydrogen-bond donors (Lipinski definition) is 2. The van der Waals surface area contributed by atoms with Gasteiger partial charge in [-0.1, -0.05) is 18.2 Å². The van der Waals surface area contributed by atoms with Crippen molar-refractivity contribution in [2.75, 3.05) is 19.0 Å². The van der Waals surface area contributed by atoms with E-state index in [1.165, 1.54) is 37.4 Å². The van der Waals surface area contributed by atoms with Gasteiger partial charge in [-0.3, -0.25) is 14.9 Å². The summed E-state index contributed by atoms with van der Waals surface area (Å²) in [5.41, 5.74) is 0.0875. The number of benzene rings is 2. The highest BCUT2D eigenvalue weighted by Gasteiger charge is 2.15. The molecule has 0 heterocycles. The number of amides is 1. The van der Waals surface area contributed by atoms with Crippen LogP contribution in [0.25, 0.3) is 0 Å². The topological polar surface area (TPSA) is 128 Å². The van der Waals surface area contributed by atoms with E-state index >= 15 is 0 Å². The van der Waals surface area contributed by atoms with Crippen molar-refractivity contribution in [3.05, 3.63) is 58.6 Å². The van der Waals surface area contributed by atoms with Gasteiger partial charge in [0.15, 0.2) is 0 Å². The van der Waals surface area contributed by atoms with E-state index in [9.17, 15) is 23.3 Å². The van der Waals surface area contributed by atoms with E-state index < -0.39 is 20.9 Å². The number of ether oxygens (including phenoxy) is 1. The van der Waals surface area contributed by atoms with Gasteiger partial charge in [0.05, 0.1) is 28.7 Å². The van der Waals surface area contributed by atoms with Crippen LogP contribution >= 0.6 is 0 Å². The van der Waals surface area contributed by atoms with Crippen molar-refractivity contribution >= 4 is 27.3 Å². The minimum atomic E-state index is -3.69. The highest BCUT2D eigenvalue weighted by Crippen LogP contribution is 2.29. The van der Waals surface area contributed by atoms with Crippen molar-refractivity contribution in [3.63, 3.8) is 0 Å². The van der Waals surface area contributed by atoms with E-state index in [1.807, 2.05) is 0 Å². The molecule has 0 atom stereocenters. The summed E-state index contributed by atoms with van der Waals surface area (Å²) >= 11 is 0. The first-order chi connectivity index (χ1) is 12.3. The fourth-order valence-corrected chi connectivity index (χ4v) is 3.14. The first-order valence-electron chi connectivity index (χ1n) is 7.50. The zero-order valence-electron chi connectivity index (χ0n) is 13.8. The fraction of sp³-hybridized carbons (Fsp3) is 0.188. The molecule has 9 nitrogen and oxygen atoms in total. The number of nitrogens with one attached hydrogen (secondary N) is 2. The standard InChI is InChI=1S/C16H17N3O6S/c1-25-15-11-12(19(21)22)7-8-14(15)18-16(20)9-10-17-26(23,24)13-5-3-2-4-6-13/h2-8,11,17H,9-10H2,1H3,(H,18,20). The van der Waals surface area contributed by atoms with Crippen molar-refractivity contribution in [2.24, 2.45) is 0 Å². The lowest BCUT2D eigenvalue weighted by molar-refractivity contribution is -0.384. The van der Waals surface area contributed by atoms with Gasteiger partial charge in [-0.05, 0) is 18.2 Å². The van der Waals surface area contributed by atoms with Crippen molar-refractivity contribution in [1.82, 2.24) is 4.72 Å². The van der Waals surface area contributed by atoms with Gasteiger partial charge in [-0.2, -0.15) is 0 Å². The Kier molecular flexibility index (Phi) is 6.26. The van der Waals surface area contributed by atoms with E-state index in [1.54, 1.807) is 18.2 Å². The molecule has 0 aliphatic carbocycles. The van der Waals surface area contributed by atoms with Gasteiger partial charge < -0.3 is 10.1 Å². The van der Waals surface area contributed by atoms with Crippen molar-refractivity contribution < 1.29 is 22.9 Å². The molecular formula is C16H17N3O6S. The average Bonchev–Trinajstić information content (AvgIpc) is 2.62. The molecule has 0 spiro atoms. The second-order valence-electron chi connectivity index (χ2n) is 5.15. The first-order valence-corrected chi connectivity index (χ1v) is 8.99. The summed E-state index contributed by atoms with van der Waals surface area (Å²) in [5, 5.41) is 13.3. The summed E-state index contributed by atoms with van der Waals surface area (Å²) in [6.07, 6.45) is -0.119. The van der Waals surface area contributed by atoms with Crippen LogP contribution in [0.3, 0.4) is 0 Å². The van der Waals surface area contributed by atoms with Crippen LogP contribution in [0.5, 0.6) is 5.75 Å². The Balaban J connectivity index is 1.94. The van der Waals surface area contributed by atoms with Crippen molar-refractivity contribution in [1.29, 1.82) is 0 Å². The number of nitro benzene ring substituents is 1. The molecule has 0 saturated heterocycles. The highest BCUT2D eigenvalue weighted by atomic mass is 32.2. The largest absolute Gasteiger partial charge is 0.494 e. The lowest BCUT2D eigenvalue weighted by Crippen LogP contribution is -2.27. The maximum Gasteiger partial charge on any atom is 0.273 e. The number of nitrogens with zero attached hydrogens (tertiary/aromatic N) is 1. The monoisotopic (exact) mass is 379 g/mol. The van der Waals surface area contributed by atoms with E-state index in [0.717, 1.165) is 0 Å².